The van der Waals surface area contributed by atoms with Gasteiger partial charge in [-0.05, 0) is 35.9 Å². The largest absolute Gasteiger partial charge is 0.304 e. The lowest BCUT2D eigenvalue weighted by Gasteiger charge is -2.26. The van der Waals surface area contributed by atoms with E-state index in [2.05, 4.69) is 27.8 Å². The van der Waals surface area contributed by atoms with Gasteiger partial charge in [-0.2, -0.15) is 0 Å². The van der Waals surface area contributed by atoms with E-state index in [1.807, 2.05) is 24.9 Å². The highest BCUT2D eigenvalue weighted by Gasteiger charge is 2.20. The SMILES string of the molecule is Cn1nncc1CNC1CCSc2ccc(Cl)cc21. The van der Waals surface area contributed by atoms with Crippen molar-refractivity contribution in [1.82, 2.24) is 20.3 Å². The molecule has 100 valence electrons. The van der Waals surface area contributed by atoms with Crippen molar-refractivity contribution in [1.29, 1.82) is 0 Å². The van der Waals surface area contributed by atoms with Gasteiger partial charge in [-0.25, -0.2) is 0 Å². The Morgan fingerprint density at radius 1 is 1.53 bits per heavy atom. The van der Waals surface area contributed by atoms with E-state index in [4.69, 9.17) is 11.6 Å². The molecule has 0 bridgehead atoms. The molecule has 1 unspecified atom stereocenters. The summed E-state index contributed by atoms with van der Waals surface area (Å²) in [4.78, 5) is 1.33. The highest BCUT2D eigenvalue weighted by Crippen LogP contribution is 2.37. The van der Waals surface area contributed by atoms with Gasteiger partial charge in [0, 0.05) is 29.6 Å². The molecule has 1 aromatic carbocycles. The van der Waals surface area contributed by atoms with Crippen LogP contribution in [0.4, 0.5) is 0 Å². The maximum Gasteiger partial charge on any atom is 0.0738 e. The molecular formula is C13H15ClN4S. The van der Waals surface area contributed by atoms with Crippen LogP contribution in [0.3, 0.4) is 0 Å². The summed E-state index contributed by atoms with van der Waals surface area (Å²) in [7, 11) is 1.91. The van der Waals surface area contributed by atoms with Gasteiger partial charge in [0.15, 0.2) is 0 Å². The molecule has 0 saturated heterocycles. The summed E-state index contributed by atoms with van der Waals surface area (Å²) in [6.45, 7) is 0.769. The molecular weight excluding hydrogens is 280 g/mol. The fourth-order valence-corrected chi connectivity index (χ4v) is 3.56. The molecule has 19 heavy (non-hydrogen) atoms. The van der Waals surface area contributed by atoms with E-state index in [1.54, 1.807) is 10.9 Å². The number of hydrogen-bond acceptors (Lipinski definition) is 4. The average Bonchev–Trinajstić information content (AvgIpc) is 2.82. The highest BCUT2D eigenvalue weighted by atomic mass is 35.5. The molecule has 0 fully saturated rings. The molecule has 0 saturated carbocycles. The summed E-state index contributed by atoms with van der Waals surface area (Å²) in [5, 5.41) is 12.2. The van der Waals surface area contributed by atoms with Crippen LogP contribution < -0.4 is 5.32 Å². The van der Waals surface area contributed by atoms with Gasteiger partial charge in [0.2, 0.25) is 0 Å². The first kappa shape index (κ1) is 13.0. The molecule has 1 aromatic heterocycles. The van der Waals surface area contributed by atoms with Crippen LogP contribution in [0.15, 0.2) is 29.3 Å². The minimum Gasteiger partial charge on any atom is -0.304 e. The normalized spacial score (nSPS) is 18.3. The number of hydrogen-bond donors (Lipinski definition) is 1. The number of fused-ring (bicyclic) bond motifs is 1. The minimum absolute atomic E-state index is 0.352. The Kier molecular flexibility index (Phi) is 3.77. The van der Waals surface area contributed by atoms with E-state index in [-0.39, 0.29) is 0 Å². The maximum absolute atomic E-state index is 6.11. The summed E-state index contributed by atoms with van der Waals surface area (Å²) < 4.78 is 1.80. The van der Waals surface area contributed by atoms with Crippen molar-refractivity contribution in [3.63, 3.8) is 0 Å². The van der Waals surface area contributed by atoms with Gasteiger partial charge in [-0.1, -0.05) is 16.8 Å². The van der Waals surface area contributed by atoms with Crippen molar-refractivity contribution >= 4 is 23.4 Å². The first-order valence-electron chi connectivity index (χ1n) is 6.23. The van der Waals surface area contributed by atoms with Gasteiger partial charge in [0.05, 0.1) is 11.9 Å². The first-order valence-corrected chi connectivity index (χ1v) is 7.59. The second-order valence-corrected chi connectivity index (χ2v) is 6.17. The van der Waals surface area contributed by atoms with E-state index in [1.165, 1.54) is 10.5 Å². The maximum atomic E-state index is 6.11. The molecule has 0 amide bonds. The zero-order valence-electron chi connectivity index (χ0n) is 10.6. The number of nitrogens with one attached hydrogen (secondary N) is 1. The van der Waals surface area contributed by atoms with E-state index < -0.39 is 0 Å². The number of aryl methyl sites for hydroxylation is 1. The summed E-state index contributed by atoms with van der Waals surface area (Å²) in [6, 6.07) is 6.50. The molecule has 3 rings (SSSR count). The second kappa shape index (κ2) is 5.53. The molecule has 1 atom stereocenters. The van der Waals surface area contributed by atoms with Crippen LogP contribution in [0.1, 0.15) is 23.7 Å². The smallest absolute Gasteiger partial charge is 0.0738 e. The zero-order valence-corrected chi connectivity index (χ0v) is 12.2. The molecule has 1 aliphatic heterocycles. The van der Waals surface area contributed by atoms with Crippen molar-refractivity contribution in [2.75, 3.05) is 5.75 Å². The van der Waals surface area contributed by atoms with Crippen LogP contribution in [-0.2, 0) is 13.6 Å². The predicted molar refractivity (Wildman–Crippen MR) is 77.4 cm³/mol. The second-order valence-electron chi connectivity index (χ2n) is 4.60. The molecule has 2 aromatic rings. The molecule has 2 heterocycles. The third-order valence-electron chi connectivity index (χ3n) is 3.35. The first-order chi connectivity index (χ1) is 9.24. The average molecular weight is 295 g/mol. The number of rotatable bonds is 3. The van der Waals surface area contributed by atoms with Crippen molar-refractivity contribution in [2.24, 2.45) is 7.05 Å². The van der Waals surface area contributed by atoms with Gasteiger partial charge in [-0.3, -0.25) is 4.68 Å². The van der Waals surface area contributed by atoms with Gasteiger partial charge < -0.3 is 5.32 Å². The highest BCUT2D eigenvalue weighted by molar-refractivity contribution is 7.99. The molecule has 6 heteroatoms. The third-order valence-corrected chi connectivity index (χ3v) is 4.71. The van der Waals surface area contributed by atoms with Crippen LogP contribution >= 0.6 is 23.4 Å². The van der Waals surface area contributed by atoms with E-state index in [9.17, 15) is 0 Å². The van der Waals surface area contributed by atoms with Gasteiger partial charge in [-0.15, -0.1) is 16.9 Å². The number of benzene rings is 1. The topological polar surface area (TPSA) is 42.7 Å². The lowest BCUT2D eigenvalue weighted by molar-refractivity contribution is 0.494. The Morgan fingerprint density at radius 3 is 3.21 bits per heavy atom. The standard InChI is InChI=1S/C13H15ClN4S/c1-18-10(8-16-17-18)7-15-12-4-5-19-13-3-2-9(14)6-11(12)13/h2-3,6,8,12,15H,4-5,7H2,1H3. The van der Waals surface area contributed by atoms with E-state index in [0.717, 1.165) is 29.4 Å². The summed E-state index contributed by atoms with van der Waals surface area (Å²) in [5.74, 6) is 1.13. The molecule has 0 aliphatic carbocycles. The van der Waals surface area contributed by atoms with Crippen molar-refractivity contribution in [2.45, 2.75) is 23.9 Å². The quantitative estimate of drug-likeness (QED) is 0.945. The number of nitrogens with zero attached hydrogens (tertiary/aromatic N) is 3. The van der Waals surface area contributed by atoms with Crippen molar-refractivity contribution in [3.8, 4) is 0 Å². The Labute approximate surface area is 121 Å². The Morgan fingerprint density at radius 2 is 2.42 bits per heavy atom. The molecule has 0 radical (unpaired) electrons. The molecule has 0 spiro atoms. The summed E-state index contributed by atoms with van der Waals surface area (Å²) in [6.07, 6.45) is 2.91. The van der Waals surface area contributed by atoms with Crippen LogP contribution in [0.25, 0.3) is 0 Å². The van der Waals surface area contributed by atoms with E-state index in [0.29, 0.717) is 6.04 Å². The number of aromatic nitrogens is 3. The summed E-state index contributed by atoms with van der Waals surface area (Å²) >= 11 is 8.00. The zero-order chi connectivity index (χ0) is 13.2. The van der Waals surface area contributed by atoms with Crippen molar-refractivity contribution < 1.29 is 0 Å². The Balaban J connectivity index is 1.76. The van der Waals surface area contributed by atoms with Crippen LogP contribution in [0, 0.1) is 0 Å². The monoisotopic (exact) mass is 294 g/mol. The van der Waals surface area contributed by atoms with Crippen LogP contribution in [-0.4, -0.2) is 20.7 Å². The van der Waals surface area contributed by atoms with Gasteiger partial charge >= 0.3 is 0 Å². The fraction of sp³-hybridized carbons (Fsp3) is 0.385. The van der Waals surface area contributed by atoms with Crippen molar-refractivity contribution in [3.05, 3.63) is 40.7 Å². The molecule has 1 aliphatic rings. The lowest BCUT2D eigenvalue weighted by Crippen LogP contribution is -2.25. The van der Waals surface area contributed by atoms with E-state index >= 15 is 0 Å². The molecule has 1 N–H and O–H groups in total. The predicted octanol–water partition coefficient (Wildman–Crippen LogP) is 2.80. The third kappa shape index (κ3) is 2.78. The lowest BCUT2D eigenvalue weighted by atomic mass is 10.0. The Bertz CT molecular complexity index is 584. The summed E-state index contributed by atoms with van der Waals surface area (Å²) in [5.41, 5.74) is 2.39. The number of thioether (sulfide) groups is 1. The van der Waals surface area contributed by atoms with Gasteiger partial charge in [0.25, 0.3) is 0 Å². The number of halogens is 1. The fourth-order valence-electron chi connectivity index (χ4n) is 2.28. The Hall–Kier alpha value is -1.04. The van der Waals surface area contributed by atoms with Gasteiger partial charge in [0.1, 0.15) is 0 Å². The van der Waals surface area contributed by atoms with Crippen LogP contribution in [0.5, 0.6) is 0 Å². The minimum atomic E-state index is 0.352. The van der Waals surface area contributed by atoms with Crippen LogP contribution in [0.2, 0.25) is 5.02 Å². The molecule has 4 nitrogen and oxygen atoms in total.